The Kier molecular flexibility index (Phi) is 2.75. The summed E-state index contributed by atoms with van der Waals surface area (Å²) in [5.41, 5.74) is 1.66. The molecule has 3 unspecified atom stereocenters. The number of fused-ring (bicyclic) bond motifs is 1. The minimum Gasteiger partial charge on any atom is -0.481 e. The minimum atomic E-state index is -1.17. The molecule has 1 aliphatic rings. The molecule has 0 spiro atoms. The van der Waals surface area contributed by atoms with E-state index in [0.717, 1.165) is 11.1 Å². The molecule has 0 bridgehead atoms. The van der Waals surface area contributed by atoms with E-state index in [0.29, 0.717) is 12.7 Å². The van der Waals surface area contributed by atoms with Crippen molar-refractivity contribution in [3.05, 3.63) is 35.4 Å². The Morgan fingerprint density at radius 2 is 2.12 bits per heavy atom. The topological polar surface area (TPSA) is 74.6 Å². The molecular formula is C12H12O4. The maximum atomic E-state index is 10.9. The third-order valence-electron chi connectivity index (χ3n) is 3.13. The Balaban J connectivity index is 2.30. The molecule has 0 amide bonds. The molecule has 84 valence electrons. The van der Waals surface area contributed by atoms with E-state index in [2.05, 4.69) is 0 Å². The number of carboxylic acid groups (broad SMARTS) is 1. The van der Waals surface area contributed by atoms with E-state index in [1.807, 2.05) is 12.1 Å². The van der Waals surface area contributed by atoms with Crippen LogP contribution in [0.15, 0.2) is 24.3 Å². The largest absolute Gasteiger partial charge is 0.481 e. The van der Waals surface area contributed by atoms with Crippen LogP contribution in [0.5, 0.6) is 0 Å². The van der Waals surface area contributed by atoms with Crippen LogP contribution in [0.3, 0.4) is 0 Å². The van der Waals surface area contributed by atoms with Crippen molar-refractivity contribution in [1.29, 1.82) is 0 Å². The SMILES string of the molecule is O=CC(C(=O)O)C1Cc2ccccc2C1O. The molecule has 0 aliphatic heterocycles. The lowest BCUT2D eigenvalue weighted by atomic mass is 9.89. The molecule has 4 heteroatoms. The summed E-state index contributed by atoms with van der Waals surface area (Å²) in [6, 6.07) is 7.25. The van der Waals surface area contributed by atoms with Crippen LogP contribution in [0.1, 0.15) is 17.2 Å². The Hall–Kier alpha value is -1.68. The van der Waals surface area contributed by atoms with Crippen LogP contribution in [0.2, 0.25) is 0 Å². The maximum Gasteiger partial charge on any atom is 0.314 e. The van der Waals surface area contributed by atoms with Crippen LogP contribution in [0.4, 0.5) is 0 Å². The van der Waals surface area contributed by atoms with Crippen molar-refractivity contribution in [1.82, 2.24) is 0 Å². The summed E-state index contributed by atoms with van der Waals surface area (Å²) in [4.78, 5) is 21.6. The van der Waals surface area contributed by atoms with Gasteiger partial charge in [-0.05, 0) is 17.5 Å². The number of aldehydes is 1. The lowest BCUT2D eigenvalue weighted by molar-refractivity contribution is -0.147. The van der Waals surface area contributed by atoms with E-state index >= 15 is 0 Å². The fourth-order valence-electron chi connectivity index (χ4n) is 2.27. The first-order chi connectivity index (χ1) is 7.65. The second kappa shape index (κ2) is 4.06. The van der Waals surface area contributed by atoms with Crippen LogP contribution >= 0.6 is 0 Å². The number of aliphatic hydroxyl groups excluding tert-OH is 1. The lowest BCUT2D eigenvalue weighted by Crippen LogP contribution is -2.27. The van der Waals surface area contributed by atoms with Crippen molar-refractivity contribution in [2.24, 2.45) is 11.8 Å². The molecule has 2 rings (SSSR count). The van der Waals surface area contributed by atoms with Gasteiger partial charge in [0, 0.05) is 5.92 Å². The van der Waals surface area contributed by atoms with Crippen LogP contribution in [-0.4, -0.2) is 22.5 Å². The normalized spacial score (nSPS) is 24.8. The third-order valence-corrected chi connectivity index (χ3v) is 3.13. The highest BCUT2D eigenvalue weighted by Crippen LogP contribution is 2.39. The highest BCUT2D eigenvalue weighted by molar-refractivity contribution is 5.87. The Bertz CT molecular complexity index is 427. The van der Waals surface area contributed by atoms with E-state index in [1.165, 1.54) is 0 Å². The van der Waals surface area contributed by atoms with E-state index in [-0.39, 0.29) is 0 Å². The van der Waals surface area contributed by atoms with Crippen molar-refractivity contribution in [3.8, 4) is 0 Å². The molecule has 0 saturated heterocycles. The van der Waals surface area contributed by atoms with Gasteiger partial charge in [0.15, 0.2) is 0 Å². The number of carboxylic acids is 1. The van der Waals surface area contributed by atoms with Gasteiger partial charge in [-0.15, -0.1) is 0 Å². The van der Waals surface area contributed by atoms with Crippen molar-refractivity contribution < 1.29 is 19.8 Å². The Labute approximate surface area is 92.5 Å². The molecule has 0 radical (unpaired) electrons. The van der Waals surface area contributed by atoms with Gasteiger partial charge in [-0.2, -0.15) is 0 Å². The summed E-state index contributed by atoms with van der Waals surface area (Å²) in [6.07, 6.45) is -0.0164. The molecule has 2 N–H and O–H groups in total. The number of aliphatic hydroxyl groups is 1. The van der Waals surface area contributed by atoms with Gasteiger partial charge in [0.2, 0.25) is 0 Å². The van der Waals surface area contributed by atoms with Gasteiger partial charge in [0.05, 0.1) is 6.10 Å². The number of benzene rings is 1. The maximum absolute atomic E-state index is 10.9. The zero-order valence-corrected chi connectivity index (χ0v) is 8.54. The monoisotopic (exact) mass is 220 g/mol. The molecular weight excluding hydrogens is 208 g/mol. The molecule has 0 saturated carbocycles. The molecule has 3 atom stereocenters. The van der Waals surface area contributed by atoms with Crippen LogP contribution < -0.4 is 0 Å². The summed E-state index contributed by atoms with van der Waals surface area (Å²) in [7, 11) is 0. The number of carbonyl (C=O) groups excluding carboxylic acids is 1. The average Bonchev–Trinajstić information content (AvgIpc) is 2.58. The zero-order valence-electron chi connectivity index (χ0n) is 8.54. The third kappa shape index (κ3) is 1.61. The smallest absolute Gasteiger partial charge is 0.314 e. The minimum absolute atomic E-state index is 0.405. The predicted molar refractivity (Wildman–Crippen MR) is 55.8 cm³/mol. The van der Waals surface area contributed by atoms with Gasteiger partial charge in [-0.1, -0.05) is 24.3 Å². The molecule has 0 fully saturated rings. The zero-order chi connectivity index (χ0) is 11.7. The number of carbonyl (C=O) groups is 2. The first-order valence-corrected chi connectivity index (χ1v) is 5.09. The van der Waals surface area contributed by atoms with Gasteiger partial charge in [0.25, 0.3) is 0 Å². The summed E-state index contributed by atoms with van der Waals surface area (Å²) in [6.45, 7) is 0. The number of hydrogen-bond acceptors (Lipinski definition) is 3. The van der Waals surface area contributed by atoms with Gasteiger partial charge in [0.1, 0.15) is 12.2 Å². The second-order valence-corrected chi connectivity index (χ2v) is 4.01. The van der Waals surface area contributed by atoms with Gasteiger partial charge in [-0.25, -0.2) is 0 Å². The first kappa shape index (κ1) is 10.8. The number of aliphatic carboxylic acids is 1. The molecule has 0 aromatic heterocycles. The van der Waals surface area contributed by atoms with Gasteiger partial charge >= 0.3 is 5.97 Å². The van der Waals surface area contributed by atoms with Gasteiger partial charge < -0.3 is 15.0 Å². The highest BCUT2D eigenvalue weighted by atomic mass is 16.4. The molecule has 0 heterocycles. The number of hydrogen-bond donors (Lipinski definition) is 2. The molecule has 16 heavy (non-hydrogen) atoms. The van der Waals surface area contributed by atoms with Crippen molar-refractivity contribution in [2.45, 2.75) is 12.5 Å². The standard InChI is InChI=1S/C12H12O4/c13-6-10(12(15)16)9-5-7-3-1-2-4-8(7)11(9)14/h1-4,6,9-11,14H,5H2,(H,15,16). The summed E-state index contributed by atoms with van der Waals surface area (Å²) < 4.78 is 0. The average molecular weight is 220 g/mol. The van der Waals surface area contributed by atoms with Crippen molar-refractivity contribution >= 4 is 12.3 Å². The Morgan fingerprint density at radius 3 is 2.69 bits per heavy atom. The number of rotatable bonds is 3. The quantitative estimate of drug-likeness (QED) is 0.583. The van der Waals surface area contributed by atoms with Crippen LogP contribution in [0, 0.1) is 11.8 Å². The van der Waals surface area contributed by atoms with E-state index in [1.54, 1.807) is 12.1 Å². The van der Waals surface area contributed by atoms with Crippen molar-refractivity contribution in [2.75, 3.05) is 0 Å². The van der Waals surface area contributed by atoms with Gasteiger partial charge in [-0.3, -0.25) is 4.79 Å². The van der Waals surface area contributed by atoms with E-state index < -0.39 is 23.9 Å². The van der Waals surface area contributed by atoms with Crippen molar-refractivity contribution in [3.63, 3.8) is 0 Å². The van der Waals surface area contributed by atoms with E-state index in [4.69, 9.17) is 5.11 Å². The summed E-state index contributed by atoms with van der Waals surface area (Å²) >= 11 is 0. The molecule has 1 aromatic rings. The lowest BCUT2D eigenvalue weighted by Gasteiger charge is -2.17. The molecule has 1 aliphatic carbocycles. The summed E-state index contributed by atoms with van der Waals surface area (Å²) in [5, 5.41) is 18.9. The summed E-state index contributed by atoms with van der Waals surface area (Å²) in [5.74, 6) is -2.86. The molecule has 4 nitrogen and oxygen atoms in total. The van der Waals surface area contributed by atoms with E-state index in [9.17, 15) is 14.7 Å². The van der Waals surface area contributed by atoms with Crippen LogP contribution in [-0.2, 0) is 16.0 Å². The Morgan fingerprint density at radius 1 is 1.44 bits per heavy atom. The molecule has 1 aromatic carbocycles. The fourth-order valence-corrected chi connectivity index (χ4v) is 2.27. The highest BCUT2D eigenvalue weighted by Gasteiger charge is 2.39. The second-order valence-electron chi connectivity index (χ2n) is 4.01. The predicted octanol–water partition coefficient (Wildman–Crippen LogP) is 0.792. The first-order valence-electron chi connectivity index (χ1n) is 5.09. The van der Waals surface area contributed by atoms with Crippen LogP contribution in [0.25, 0.3) is 0 Å². The fraction of sp³-hybridized carbons (Fsp3) is 0.333.